The summed E-state index contributed by atoms with van der Waals surface area (Å²) in [7, 11) is 0. The van der Waals surface area contributed by atoms with E-state index in [-0.39, 0.29) is 11.8 Å². The van der Waals surface area contributed by atoms with Crippen molar-refractivity contribution in [1.82, 2.24) is 15.0 Å². The first-order valence-electron chi connectivity index (χ1n) is 8.97. The van der Waals surface area contributed by atoms with E-state index >= 15 is 0 Å². The number of aromatic nitrogens is 1. The summed E-state index contributed by atoms with van der Waals surface area (Å²) in [6, 6.07) is 5.83. The Hall–Kier alpha value is -1.71. The zero-order chi connectivity index (χ0) is 19.2. The van der Waals surface area contributed by atoms with Crippen molar-refractivity contribution < 1.29 is 14.1 Å². The van der Waals surface area contributed by atoms with E-state index in [1.54, 1.807) is 24.3 Å². The first kappa shape index (κ1) is 20.0. The van der Waals surface area contributed by atoms with Crippen LogP contribution in [-0.4, -0.2) is 59.5 Å². The number of aryl methyl sites for hydroxylation is 2. The number of rotatable bonds is 7. The summed E-state index contributed by atoms with van der Waals surface area (Å²) in [5, 5.41) is 6.48. The van der Waals surface area contributed by atoms with Crippen molar-refractivity contribution in [2.24, 2.45) is 0 Å². The maximum Gasteiger partial charge on any atom is 0.239 e. The molecular weight excluding hydrogens is 432 g/mol. The highest BCUT2D eigenvalue weighted by molar-refractivity contribution is 9.11. The third-order valence-corrected chi connectivity index (χ3v) is 6.11. The van der Waals surface area contributed by atoms with Gasteiger partial charge in [-0.2, -0.15) is 0 Å². The van der Waals surface area contributed by atoms with Crippen molar-refractivity contribution in [3.63, 3.8) is 0 Å². The Bertz CT molecular complexity index is 783. The minimum Gasteiger partial charge on any atom is -0.360 e. The summed E-state index contributed by atoms with van der Waals surface area (Å²) >= 11 is 5.18. The summed E-state index contributed by atoms with van der Waals surface area (Å²) in [5.74, 6) is 1.17. The van der Waals surface area contributed by atoms with Gasteiger partial charge in [0.05, 0.1) is 10.3 Å². The number of piperazine rings is 1. The summed E-state index contributed by atoms with van der Waals surface area (Å²) < 4.78 is 6.06. The Labute approximate surface area is 170 Å². The van der Waals surface area contributed by atoms with E-state index < -0.39 is 0 Å². The number of nitrogens with one attached hydrogen (secondary N) is 1. The number of thiophene rings is 1. The standard InChI is InChI=1S/C18H23BrN4O3S/c1-13-11-16(21-26-13)20-17(24)12-22-7-9-23(10-8-22)18(25)4-2-3-14-5-6-15(19)27-14/h5-6,11H,2-4,7-10,12H2,1H3,(H,20,21,24). The molecule has 0 spiro atoms. The van der Waals surface area contributed by atoms with E-state index in [1.165, 1.54) is 4.88 Å². The van der Waals surface area contributed by atoms with Gasteiger partial charge in [0.25, 0.3) is 0 Å². The van der Waals surface area contributed by atoms with Crippen LogP contribution in [0.4, 0.5) is 5.82 Å². The van der Waals surface area contributed by atoms with Gasteiger partial charge in [-0.1, -0.05) is 5.16 Å². The lowest BCUT2D eigenvalue weighted by molar-refractivity contribution is -0.133. The molecule has 0 atom stereocenters. The van der Waals surface area contributed by atoms with Crippen LogP contribution in [-0.2, 0) is 16.0 Å². The van der Waals surface area contributed by atoms with E-state index in [9.17, 15) is 9.59 Å². The highest BCUT2D eigenvalue weighted by Gasteiger charge is 2.22. The Morgan fingerprint density at radius 1 is 1.30 bits per heavy atom. The fourth-order valence-electron chi connectivity index (χ4n) is 3.02. The lowest BCUT2D eigenvalue weighted by atomic mass is 10.2. The second-order valence-electron chi connectivity index (χ2n) is 6.59. The second-order valence-corrected chi connectivity index (χ2v) is 9.13. The SMILES string of the molecule is Cc1cc(NC(=O)CN2CCN(C(=O)CCCc3ccc(Br)s3)CC2)no1. The van der Waals surface area contributed by atoms with Crippen LogP contribution >= 0.6 is 27.3 Å². The van der Waals surface area contributed by atoms with Gasteiger partial charge >= 0.3 is 0 Å². The molecule has 3 rings (SSSR count). The predicted molar refractivity (Wildman–Crippen MR) is 108 cm³/mol. The minimum absolute atomic E-state index is 0.120. The molecule has 1 N–H and O–H groups in total. The molecule has 2 aromatic rings. The smallest absolute Gasteiger partial charge is 0.239 e. The Kier molecular flexibility index (Phi) is 7.03. The molecule has 3 heterocycles. The van der Waals surface area contributed by atoms with Gasteiger partial charge < -0.3 is 14.7 Å². The number of hydrogen-bond acceptors (Lipinski definition) is 6. The van der Waals surface area contributed by atoms with Crippen LogP contribution in [0.3, 0.4) is 0 Å². The Balaban J connectivity index is 1.34. The molecule has 9 heteroatoms. The van der Waals surface area contributed by atoms with Gasteiger partial charge in [-0.05, 0) is 47.8 Å². The van der Waals surface area contributed by atoms with Crippen molar-refractivity contribution in [2.45, 2.75) is 26.2 Å². The van der Waals surface area contributed by atoms with Gasteiger partial charge in [0.15, 0.2) is 5.82 Å². The molecule has 1 saturated heterocycles. The lowest BCUT2D eigenvalue weighted by Crippen LogP contribution is -2.50. The highest BCUT2D eigenvalue weighted by Crippen LogP contribution is 2.23. The summed E-state index contributed by atoms with van der Waals surface area (Å²) in [6.45, 7) is 4.81. The maximum absolute atomic E-state index is 12.4. The van der Waals surface area contributed by atoms with Crippen LogP contribution < -0.4 is 5.32 Å². The van der Waals surface area contributed by atoms with E-state index in [1.807, 2.05) is 11.0 Å². The van der Waals surface area contributed by atoms with Crippen molar-refractivity contribution in [3.8, 4) is 0 Å². The van der Waals surface area contributed by atoms with Crippen molar-refractivity contribution in [3.05, 3.63) is 32.6 Å². The van der Waals surface area contributed by atoms with Crippen LogP contribution in [0.25, 0.3) is 0 Å². The number of nitrogens with zero attached hydrogens (tertiary/aromatic N) is 3. The zero-order valence-electron chi connectivity index (χ0n) is 15.2. The summed E-state index contributed by atoms with van der Waals surface area (Å²) in [5.41, 5.74) is 0. The third kappa shape index (κ3) is 6.15. The molecule has 1 aliphatic heterocycles. The maximum atomic E-state index is 12.4. The fraction of sp³-hybridized carbons (Fsp3) is 0.500. The quantitative estimate of drug-likeness (QED) is 0.695. The molecule has 2 amide bonds. The van der Waals surface area contributed by atoms with Crippen molar-refractivity contribution in [2.75, 3.05) is 38.0 Å². The first-order chi connectivity index (χ1) is 13.0. The molecule has 146 valence electrons. The van der Waals surface area contributed by atoms with Gasteiger partial charge in [-0.15, -0.1) is 11.3 Å². The average molecular weight is 455 g/mol. The molecule has 0 saturated carbocycles. The van der Waals surface area contributed by atoms with E-state index in [4.69, 9.17) is 4.52 Å². The largest absolute Gasteiger partial charge is 0.360 e. The van der Waals surface area contributed by atoms with Gasteiger partial charge in [-0.3, -0.25) is 14.5 Å². The van der Waals surface area contributed by atoms with Crippen LogP contribution in [0, 0.1) is 6.92 Å². The number of anilines is 1. The third-order valence-electron chi connectivity index (χ3n) is 4.43. The highest BCUT2D eigenvalue weighted by atomic mass is 79.9. The number of carbonyl (C=O) groups excluding carboxylic acids is 2. The molecule has 0 unspecified atom stereocenters. The van der Waals surface area contributed by atoms with Crippen LogP contribution in [0.15, 0.2) is 26.5 Å². The van der Waals surface area contributed by atoms with Crippen LogP contribution in [0.1, 0.15) is 23.5 Å². The number of carbonyl (C=O) groups is 2. The monoisotopic (exact) mass is 454 g/mol. The number of hydrogen-bond donors (Lipinski definition) is 1. The van der Waals surface area contributed by atoms with E-state index in [0.29, 0.717) is 50.7 Å². The topological polar surface area (TPSA) is 78.7 Å². The molecule has 1 fully saturated rings. The molecule has 2 aromatic heterocycles. The molecule has 1 aliphatic rings. The molecular formula is C18H23BrN4O3S. The minimum atomic E-state index is -0.120. The number of halogens is 1. The Morgan fingerprint density at radius 3 is 2.70 bits per heavy atom. The first-order valence-corrected chi connectivity index (χ1v) is 10.6. The molecule has 0 aromatic carbocycles. The van der Waals surface area contributed by atoms with Gasteiger partial charge in [0.2, 0.25) is 11.8 Å². The predicted octanol–water partition coefficient (Wildman–Crippen LogP) is 2.91. The zero-order valence-corrected chi connectivity index (χ0v) is 17.6. The van der Waals surface area contributed by atoms with E-state index in [0.717, 1.165) is 16.6 Å². The molecule has 0 bridgehead atoms. The normalized spacial score (nSPS) is 15.1. The van der Waals surface area contributed by atoms with Crippen LogP contribution in [0.5, 0.6) is 0 Å². The molecule has 27 heavy (non-hydrogen) atoms. The van der Waals surface area contributed by atoms with Crippen LogP contribution in [0.2, 0.25) is 0 Å². The fourth-order valence-corrected chi connectivity index (χ4v) is 4.55. The van der Waals surface area contributed by atoms with Crippen molar-refractivity contribution >= 4 is 44.9 Å². The lowest BCUT2D eigenvalue weighted by Gasteiger charge is -2.34. The second kappa shape index (κ2) is 9.48. The van der Waals surface area contributed by atoms with Crippen molar-refractivity contribution in [1.29, 1.82) is 0 Å². The average Bonchev–Trinajstić information content (AvgIpc) is 3.23. The van der Waals surface area contributed by atoms with Gasteiger partial charge in [0.1, 0.15) is 5.76 Å². The number of amides is 2. The van der Waals surface area contributed by atoms with Gasteiger partial charge in [0, 0.05) is 43.5 Å². The molecule has 0 aliphatic carbocycles. The Morgan fingerprint density at radius 2 is 2.07 bits per heavy atom. The molecule has 7 nitrogen and oxygen atoms in total. The summed E-state index contributed by atoms with van der Waals surface area (Å²) in [4.78, 5) is 29.7. The van der Waals surface area contributed by atoms with Gasteiger partial charge in [-0.25, -0.2) is 0 Å². The molecule has 0 radical (unpaired) electrons. The summed E-state index contributed by atoms with van der Waals surface area (Å²) in [6.07, 6.45) is 2.37. The van der Waals surface area contributed by atoms with E-state index in [2.05, 4.69) is 37.4 Å².